The number of aliphatic hydroxyl groups is 1. The molecule has 3 nitrogen and oxygen atoms in total. The Morgan fingerprint density at radius 2 is 1.65 bits per heavy atom. The van der Waals surface area contributed by atoms with Gasteiger partial charge in [-0.15, -0.1) is 0 Å². The second-order valence-corrected chi connectivity index (χ2v) is 6.18. The van der Waals surface area contributed by atoms with E-state index in [-0.39, 0.29) is 0 Å². The minimum Gasteiger partial charge on any atom is -0.387 e. The third-order valence-electron chi connectivity index (χ3n) is 4.37. The highest BCUT2D eigenvalue weighted by atomic mass is 16.7. The van der Waals surface area contributed by atoms with Crippen molar-refractivity contribution in [2.24, 2.45) is 0 Å². The van der Waals surface area contributed by atoms with Crippen molar-refractivity contribution in [3.63, 3.8) is 0 Å². The maximum absolute atomic E-state index is 10.7. The van der Waals surface area contributed by atoms with Gasteiger partial charge in [0.2, 0.25) is 0 Å². The monoisotopic (exact) mass is 322 g/mol. The zero-order chi connectivity index (χ0) is 17.0. The molecule has 1 aromatic carbocycles. The zero-order valence-electron chi connectivity index (χ0n) is 15.1. The fourth-order valence-corrected chi connectivity index (χ4v) is 2.99. The van der Waals surface area contributed by atoms with E-state index in [1.165, 1.54) is 25.7 Å². The van der Waals surface area contributed by atoms with Gasteiger partial charge < -0.3 is 14.6 Å². The predicted molar refractivity (Wildman–Crippen MR) is 95.5 cm³/mol. The zero-order valence-corrected chi connectivity index (χ0v) is 15.1. The highest BCUT2D eigenvalue weighted by Gasteiger charge is 2.38. The molecule has 0 heterocycles. The summed E-state index contributed by atoms with van der Waals surface area (Å²) in [5.41, 5.74) is 1.12. The second-order valence-electron chi connectivity index (χ2n) is 6.18. The Bertz CT molecular complexity index is 393. The molecule has 0 aliphatic heterocycles. The van der Waals surface area contributed by atoms with Gasteiger partial charge >= 0.3 is 0 Å². The summed E-state index contributed by atoms with van der Waals surface area (Å²) >= 11 is 0. The lowest BCUT2D eigenvalue weighted by Crippen LogP contribution is -2.48. The number of methoxy groups -OCH3 is 1. The molecule has 2 unspecified atom stereocenters. The normalized spacial score (nSPS) is 15.3. The van der Waals surface area contributed by atoms with Crippen LogP contribution in [-0.2, 0) is 15.9 Å². The molecule has 0 aliphatic rings. The van der Waals surface area contributed by atoms with Crippen molar-refractivity contribution in [3.05, 3.63) is 35.9 Å². The molecule has 1 N–H and O–H groups in total. The van der Waals surface area contributed by atoms with Crippen LogP contribution in [0.2, 0.25) is 0 Å². The number of hydrogen-bond acceptors (Lipinski definition) is 3. The summed E-state index contributed by atoms with van der Waals surface area (Å²) in [5.74, 6) is -0.945. The van der Waals surface area contributed by atoms with E-state index in [2.05, 4.69) is 6.92 Å². The average Bonchev–Trinajstić information content (AvgIpc) is 2.58. The van der Waals surface area contributed by atoms with Gasteiger partial charge in [-0.1, -0.05) is 75.8 Å². The minimum absolute atomic E-state index is 0.522. The molecule has 0 radical (unpaired) electrons. The molecular formula is C20H34O3. The van der Waals surface area contributed by atoms with Crippen molar-refractivity contribution >= 4 is 0 Å². The fourth-order valence-electron chi connectivity index (χ4n) is 2.99. The number of hydrogen-bond donors (Lipinski definition) is 1. The standard InChI is InChI=1S/C20H34O3/c1-4-6-7-8-9-13-16-19(21)20(22-3,23-5-2)17-18-14-11-10-12-15-18/h10-12,14-15,19,21H,4-9,13,16-17H2,1-3H3. The van der Waals surface area contributed by atoms with Gasteiger partial charge in [0.15, 0.2) is 5.79 Å². The van der Waals surface area contributed by atoms with Crippen LogP contribution >= 0.6 is 0 Å². The first kappa shape index (κ1) is 20.1. The van der Waals surface area contributed by atoms with E-state index in [9.17, 15) is 5.11 Å². The van der Waals surface area contributed by atoms with Crippen LogP contribution in [0.5, 0.6) is 0 Å². The third-order valence-corrected chi connectivity index (χ3v) is 4.37. The lowest BCUT2D eigenvalue weighted by molar-refractivity contribution is -0.270. The van der Waals surface area contributed by atoms with E-state index in [0.717, 1.165) is 18.4 Å². The van der Waals surface area contributed by atoms with Crippen LogP contribution in [-0.4, -0.2) is 30.7 Å². The minimum atomic E-state index is -0.945. The Hall–Kier alpha value is -0.900. The molecule has 3 heteroatoms. The molecule has 0 fully saturated rings. The Morgan fingerprint density at radius 3 is 2.26 bits per heavy atom. The van der Waals surface area contributed by atoms with Gasteiger partial charge in [-0.3, -0.25) is 0 Å². The summed E-state index contributed by atoms with van der Waals surface area (Å²) in [6, 6.07) is 10.1. The molecule has 0 saturated heterocycles. The van der Waals surface area contributed by atoms with Crippen molar-refractivity contribution in [1.82, 2.24) is 0 Å². The molecule has 2 atom stereocenters. The smallest absolute Gasteiger partial charge is 0.198 e. The molecule has 0 amide bonds. The molecule has 132 valence electrons. The van der Waals surface area contributed by atoms with Crippen molar-refractivity contribution in [3.8, 4) is 0 Å². The largest absolute Gasteiger partial charge is 0.387 e. The third kappa shape index (κ3) is 7.03. The SMILES string of the molecule is CCCCCCCCC(O)C(Cc1ccccc1)(OC)OCC. The lowest BCUT2D eigenvalue weighted by atomic mass is 9.95. The van der Waals surface area contributed by atoms with E-state index in [4.69, 9.17) is 9.47 Å². The number of rotatable bonds is 13. The predicted octanol–water partition coefficient (Wildman–Crippen LogP) is 4.72. The summed E-state index contributed by atoms with van der Waals surface area (Å²) < 4.78 is 11.5. The van der Waals surface area contributed by atoms with E-state index < -0.39 is 11.9 Å². The van der Waals surface area contributed by atoms with Gasteiger partial charge in [-0.2, -0.15) is 0 Å². The average molecular weight is 322 g/mol. The maximum Gasteiger partial charge on any atom is 0.198 e. The van der Waals surface area contributed by atoms with Gasteiger partial charge in [0.25, 0.3) is 0 Å². The number of ether oxygens (including phenoxy) is 2. The van der Waals surface area contributed by atoms with Crippen LogP contribution in [0.4, 0.5) is 0 Å². The number of aliphatic hydroxyl groups excluding tert-OH is 1. The van der Waals surface area contributed by atoms with Gasteiger partial charge in [0, 0.05) is 20.1 Å². The number of benzene rings is 1. The van der Waals surface area contributed by atoms with Crippen LogP contribution in [0, 0.1) is 0 Å². The van der Waals surface area contributed by atoms with Gasteiger partial charge in [-0.05, 0) is 18.9 Å². The molecule has 0 bridgehead atoms. The molecule has 0 aliphatic carbocycles. The summed E-state index contributed by atoms with van der Waals surface area (Å²) in [5, 5.41) is 10.7. The molecular weight excluding hydrogens is 288 g/mol. The summed E-state index contributed by atoms with van der Waals surface area (Å²) in [4.78, 5) is 0. The van der Waals surface area contributed by atoms with Crippen LogP contribution in [0.25, 0.3) is 0 Å². The lowest BCUT2D eigenvalue weighted by Gasteiger charge is -2.36. The molecule has 23 heavy (non-hydrogen) atoms. The highest BCUT2D eigenvalue weighted by Crippen LogP contribution is 2.27. The second kappa shape index (κ2) is 11.6. The first-order chi connectivity index (χ1) is 11.2. The summed E-state index contributed by atoms with van der Waals surface area (Å²) in [7, 11) is 1.63. The Balaban J connectivity index is 2.57. The van der Waals surface area contributed by atoms with E-state index in [1.54, 1.807) is 7.11 Å². The Kier molecular flexibility index (Phi) is 10.2. The van der Waals surface area contributed by atoms with Gasteiger partial charge in [0.1, 0.15) is 6.10 Å². The first-order valence-electron chi connectivity index (χ1n) is 9.09. The van der Waals surface area contributed by atoms with Gasteiger partial charge in [0.05, 0.1) is 0 Å². The maximum atomic E-state index is 10.7. The van der Waals surface area contributed by atoms with Crippen LogP contribution in [0.3, 0.4) is 0 Å². The van der Waals surface area contributed by atoms with Crippen LogP contribution in [0.15, 0.2) is 30.3 Å². The van der Waals surface area contributed by atoms with Crippen molar-refractivity contribution in [1.29, 1.82) is 0 Å². The van der Waals surface area contributed by atoms with E-state index in [1.807, 2.05) is 37.3 Å². The quantitative estimate of drug-likeness (QED) is 0.422. The molecule has 1 rings (SSSR count). The van der Waals surface area contributed by atoms with Crippen molar-refractivity contribution < 1.29 is 14.6 Å². The molecule has 0 spiro atoms. The molecule has 0 aromatic heterocycles. The van der Waals surface area contributed by atoms with E-state index in [0.29, 0.717) is 19.4 Å². The Morgan fingerprint density at radius 1 is 1.00 bits per heavy atom. The Labute approximate surface area is 142 Å². The molecule has 1 aromatic rings. The first-order valence-corrected chi connectivity index (χ1v) is 9.09. The topological polar surface area (TPSA) is 38.7 Å². The van der Waals surface area contributed by atoms with Crippen molar-refractivity contribution in [2.75, 3.05) is 13.7 Å². The van der Waals surface area contributed by atoms with E-state index >= 15 is 0 Å². The number of unbranched alkanes of at least 4 members (excludes halogenated alkanes) is 5. The van der Waals surface area contributed by atoms with Crippen molar-refractivity contribution in [2.45, 2.75) is 77.1 Å². The highest BCUT2D eigenvalue weighted by molar-refractivity contribution is 5.17. The molecule has 0 saturated carbocycles. The summed E-state index contributed by atoms with van der Waals surface area (Å²) in [6.45, 7) is 4.69. The van der Waals surface area contributed by atoms with Crippen LogP contribution < -0.4 is 0 Å². The van der Waals surface area contributed by atoms with Gasteiger partial charge in [-0.25, -0.2) is 0 Å². The summed E-state index contributed by atoms with van der Waals surface area (Å²) in [6.07, 6.45) is 7.94. The van der Waals surface area contributed by atoms with Crippen LogP contribution in [0.1, 0.15) is 64.4 Å². The fraction of sp³-hybridized carbons (Fsp3) is 0.700.